The van der Waals surface area contributed by atoms with Crippen LogP contribution in [0.15, 0.2) is 66.6 Å². The fraction of sp³-hybridized carbons (Fsp3) is 0.463. The molecule has 241 valence electrons. The van der Waals surface area contributed by atoms with E-state index in [1.165, 1.54) is 75.6 Å². The van der Waals surface area contributed by atoms with E-state index in [1.54, 1.807) is 0 Å². The molecule has 0 atom stereocenters. The van der Waals surface area contributed by atoms with Gasteiger partial charge in [-0.2, -0.15) is 0 Å². The average Bonchev–Trinajstić information content (AvgIpc) is 3.50. The minimum absolute atomic E-state index is 0. The van der Waals surface area contributed by atoms with Crippen molar-refractivity contribution in [3.8, 4) is 11.3 Å². The fourth-order valence-electron chi connectivity index (χ4n) is 7.62. The van der Waals surface area contributed by atoms with Gasteiger partial charge in [0.25, 0.3) is 0 Å². The number of ketones is 1. The standard InChI is InChI=1S/C28H26N.C13H24O2.Ir/c1-27(2,3)20-16-19-12-15-29-26-22-11-10-18-8-4-5-9-21(18)25(22)28(13-6-7-14-28)23(17-20)24(19)26;1-5-10(6-2)12(14)9-13(15)11(7-3)8-4;/h4-5,8-10,12,15-17H,6-7,13-14H2,1-3H3;9-11,14H,5-8H2,1-4H3;/q-1;;/b;12-9-;. The summed E-state index contributed by atoms with van der Waals surface area (Å²) in [5.74, 6) is 0.547. The first-order chi connectivity index (χ1) is 21.1. The van der Waals surface area contributed by atoms with Gasteiger partial charge in [-0.1, -0.05) is 108 Å². The maximum atomic E-state index is 11.7. The van der Waals surface area contributed by atoms with Crippen LogP contribution < -0.4 is 0 Å². The van der Waals surface area contributed by atoms with Crippen LogP contribution in [0.25, 0.3) is 32.8 Å². The van der Waals surface area contributed by atoms with Crippen molar-refractivity contribution in [3.05, 3.63) is 89.3 Å². The molecule has 45 heavy (non-hydrogen) atoms. The zero-order valence-electron chi connectivity index (χ0n) is 28.2. The Morgan fingerprint density at radius 3 is 2.22 bits per heavy atom. The van der Waals surface area contributed by atoms with Crippen molar-refractivity contribution < 1.29 is 30.0 Å². The Morgan fingerprint density at radius 2 is 1.60 bits per heavy atom. The third-order valence-corrected chi connectivity index (χ3v) is 10.4. The Hall–Kier alpha value is -2.81. The maximum absolute atomic E-state index is 11.7. The number of rotatable bonds is 7. The van der Waals surface area contributed by atoms with Gasteiger partial charge >= 0.3 is 0 Å². The smallest absolute Gasteiger partial charge is 0.162 e. The summed E-state index contributed by atoms with van der Waals surface area (Å²) in [5.41, 5.74) is 6.98. The van der Waals surface area contributed by atoms with Gasteiger partial charge in [0, 0.05) is 44.2 Å². The second kappa shape index (κ2) is 14.3. The molecular weight excluding hydrogens is 731 g/mol. The molecule has 4 heteroatoms. The molecule has 0 aliphatic heterocycles. The van der Waals surface area contributed by atoms with Crippen molar-refractivity contribution in [2.75, 3.05) is 0 Å². The number of benzene rings is 3. The van der Waals surface area contributed by atoms with Gasteiger partial charge in [0.15, 0.2) is 5.78 Å². The summed E-state index contributed by atoms with van der Waals surface area (Å²) in [6, 6.07) is 21.8. The molecule has 0 amide bonds. The van der Waals surface area contributed by atoms with Gasteiger partial charge in [-0.25, -0.2) is 0 Å². The van der Waals surface area contributed by atoms with E-state index in [0.29, 0.717) is 0 Å². The van der Waals surface area contributed by atoms with Crippen LogP contribution >= 0.6 is 0 Å². The number of fused-ring (bicyclic) bond motifs is 6. The molecule has 6 rings (SSSR count). The molecular formula is C41H50IrNO2-. The zero-order valence-corrected chi connectivity index (χ0v) is 30.6. The third-order valence-electron chi connectivity index (χ3n) is 10.4. The summed E-state index contributed by atoms with van der Waals surface area (Å²) in [6.07, 6.45) is 11.9. The SMILES string of the molecule is CC(C)(C)c1cc2c3c(nccc3c1)-c1[c-]cc3ccccc3c1C21CCCC1.CCC(CC)C(=O)/C=C(\O)C(CC)CC.[Ir]. The number of carbonyl (C=O) groups excluding carboxylic acids is 1. The monoisotopic (exact) mass is 781 g/mol. The van der Waals surface area contributed by atoms with E-state index < -0.39 is 0 Å². The molecule has 1 fully saturated rings. The molecule has 1 aromatic heterocycles. The number of hydrogen-bond donors (Lipinski definition) is 1. The Labute approximate surface area is 284 Å². The van der Waals surface area contributed by atoms with Gasteiger partial charge in [0.1, 0.15) is 0 Å². The van der Waals surface area contributed by atoms with Crippen molar-refractivity contribution in [3.63, 3.8) is 0 Å². The Morgan fingerprint density at radius 1 is 0.956 bits per heavy atom. The molecule has 3 aromatic carbocycles. The van der Waals surface area contributed by atoms with Crippen molar-refractivity contribution in [1.29, 1.82) is 0 Å². The molecule has 1 saturated carbocycles. The van der Waals surface area contributed by atoms with Gasteiger partial charge in [0.2, 0.25) is 0 Å². The second-order valence-corrected chi connectivity index (χ2v) is 13.9. The van der Waals surface area contributed by atoms with E-state index in [0.717, 1.165) is 31.4 Å². The number of nitrogens with zero attached hydrogens (tertiary/aromatic N) is 1. The molecule has 4 aromatic rings. The molecule has 0 unspecified atom stereocenters. The van der Waals surface area contributed by atoms with Gasteiger partial charge in [-0.15, -0.1) is 23.3 Å². The number of allylic oxidation sites excluding steroid dienone is 2. The Bertz CT molecular complexity index is 1680. The maximum Gasteiger partial charge on any atom is 0.162 e. The summed E-state index contributed by atoms with van der Waals surface area (Å²) in [4.78, 5) is 16.6. The Balaban J connectivity index is 0.000000249. The van der Waals surface area contributed by atoms with E-state index >= 15 is 0 Å². The molecule has 3 nitrogen and oxygen atoms in total. The van der Waals surface area contributed by atoms with Crippen molar-refractivity contribution in [2.24, 2.45) is 11.8 Å². The van der Waals surface area contributed by atoms with Crippen LogP contribution in [0.5, 0.6) is 0 Å². The number of aliphatic hydroxyl groups excluding tert-OH is 1. The first kappa shape index (κ1) is 35.1. The van der Waals surface area contributed by atoms with E-state index in [4.69, 9.17) is 4.98 Å². The average molecular weight is 781 g/mol. The van der Waals surface area contributed by atoms with Crippen LogP contribution in [0.4, 0.5) is 0 Å². The second-order valence-electron chi connectivity index (χ2n) is 13.9. The number of aliphatic hydroxyl groups is 1. The van der Waals surface area contributed by atoms with Gasteiger partial charge < -0.3 is 10.1 Å². The predicted octanol–water partition coefficient (Wildman–Crippen LogP) is 11.2. The van der Waals surface area contributed by atoms with Crippen LogP contribution in [0, 0.1) is 17.9 Å². The van der Waals surface area contributed by atoms with Crippen molar-refractivity contribution in [2.45, 2.75) is 111 Å². The number of carbonyl (C=O) groups is 1. The van der Waals surface area contributed by atoms with Crippen LogP contribution in [-0.4, -0.2) is 15.9 Å². The fourth-order valence-corrected chi connectivity index (χ4v) is 7.62. The number of pyridine rings is 1. The van der Waals surface area contributed by atoms with Crippen LogP contribution in [-0.2, 0) is 35.7 Å². The molecule has 0 bridgehead atoms. The molecule has 1 N–H and O–H groups in total. The summed E-state index contributed by atoms with van der Waals surface area (Å²) in [7, 11) is 0. The molecule has 0 saturated heterocycles. The number of aromatic nitrogens is 1. The third kappa shape index (κ3) is 6.56. The largest absolute Gasteiger partial charge is 0.512 e. The minimum atomic E-state index is 0. The normalized spacial score (nSPS) is 15.3. The van der Waals surface area contributed by atoms with E-state index in [9.17, 15) is 9.90 Å². The molecule has 1 radical (unpaired) electrons. The minimum Gasteiger partial charge on any atom is -0.512 e. The zero-order chi connectivity index (χ0) is 31.6. The Kier molecular flexibility index (Phi) is 11.1. The summed E-state index contributed by atoms with van der Waals surface area (Å²) in [5, 5.41) is 15.1. The van der Waals surface area contributed by atoms with Crippen LogP contribution in [0.3, 0.4) is 0 Å². The molecule has 2 aliphatic rings. The van der Waals surface area contributed by atoms with Gasteiger partial charge in [-0.05, 0) is 83.0 Å². The number of hydrogen-bond acceptors (Lipinski definition) is 3. The van der Waals surface area contributed by atoms with Gasteiger partial charge in [0.05, 0.1) is 5.76 Å². The summed E-state index contributed by atoms with van der Waals surface area (Å²) in [6.45, 7) is 15.0. The van der Waals surface area contributed by atoms with Crippen molar-refractivity contribution >= 4 is 27.3 Å². The van der Waals surface area contributed by atoms with Crippen LogP contribution in [0.1, 0.15) is 117 Å². The molecule has 2 aliphatic carbocycles. The van der Waals surface area contributed by atoms with E-state index in [2.05, 4.69) is 75.4 Å². The predicted molar refractivity (Wildman–Crippen MR) is 185 cm³/mol. The quantitative estimate of drug-likeness (QED) is 0.115. The first-order valence-corrected chi connectivity index (χ1v) is 16.9. The van der Waals surface area contributed by atoms with Crippen molar-refractivity contribution in [1.82, 2.24) is 4.98 Å². The van der Waals surface area contributed by atoms with E-state index in [1.807, 2.05) is 33.9 Å². The molecule has 1 heterocycles. The summed E-state index contributed by atoms with van der Waals surface area (Å²) >= 11 is 0. The first-order valence-electron chi connectivity index (χ1n) is 16.9. The van der Waals surface area contributed by atoms with Gasteiger partial charge in [-0.3, -0.25) is 4.79 Å². The summed E-state index contributed by atoms with van der Waals surface area (Å²) < 4.78 is 0. The van der Waals surface area contributed by atoms with Crippen LogP contribution in [0.2, 0.25) is 0 Å². The van der Waals surface area contributed by atoms with E-state index in [-0.39, 0.29) is 54.3 Å². The topological polar surface area (TPSA) is 50.2 Å². The molecule has 1 spiro atoms.